The average Bonchev–Trinajstić information content (AvgIpc) is 2.38. The molecule has 0 fully saturated rings. The molecule has 0 saturated carbocycles. The largest absolute Gasteiger partial charge is 0.480 e. The molecular formula is C13H15N3O2. The lowest BCUT2D eigenvalue weighted by Crippen LogP contribution is -2.16. The molecule has 1 aromatic carbocycles. The van der Waals surface area contributed by atoms with E-state index in [1.807, 2.05) is 30.3 Å². The molecule has 0 atom stereocenters. The number of nitrogens with zero attached hydrogens (tertiary/aromatic N) is 1. The Bertz CT molecular complexity index is 579. The Labute approximate surface area is 105 Å². The number of H-pyrrole nitrogens is 1. The van der Waals surface area contributed by atoms with E-state index >= 15 is 0 Å². The summed E-state index contributed by atoms with van der Waals surface area (Å²) in [4.78, 5) is 18.6. The number of hydrogen-bond acceptors (Lipinski definition) is 4. The second-order valence-corrected chi connectivity index (χ2v) is 3.85. The number of anilines is 1. The van der Waals surface area contributed by atoms with Crippen LogP contribution >= 0.6 is 0 Å². The van der Waals surface area contributed by atoms with Crippen LogP contribution in [-0.4, -0.2) is 17.0 Å². The Morgan fingerprint density at radius 2 is 2.06 bits per heavy atom. The molecule has 5 heteroatoms. The Hall–Kier alpha value is -2.30. The molecule has 0 bridgehead atoms. The van der Waals surface area contributed by atoms with Crippen molar-refractivity contribution in [3.8, 4) is 5.75 Å². The normalized spacial score (nSPS) is 10.1. The summed E-state index contributed by atoms with van der Waals surface area (Å²) in [5.41, 5.74) is 0.724. The van der Waals surface area contributed by atoms with Gasteiger partial charge in [-0.05, 0) is 12.5 Å². The fraction of sp³-hybridized carbons (Fsp3) is 0.231. The van der Waals surface area contributed by atoms with Crippen LogP contribution < -0.4 is 15.6 Å². The quantitative estimate of drug-likeness (QED) is 0.860. The zero-order valence-corrected chi connectivity index (χ0v) is 10.4. The second kappa shape index (κ2) is 5.35. The minimum absolute atomic E-state index is 0.215. The molecule has 0 saturated heterocycles. The topological polar surface area (TPSA) is 67.0 Å². The highest BCUT2D eigenvalue weighted by molar-refractivity contribution is 5.48. The summed E-state index contributed by atoms with van der Waals surface area (Å²) in [5, 5.41) is 2.86. The molecule has 1 heterocycles. The minimum Gasteiger partial charge on any atom is -0.480 e. The van der Waals surface area contributed by atoms with Gasteiger partial charge in [0, 0.05) is 7.05 Å². The van der Waals surface area contributed by atoms with E-state index in [2.05, 4.69) is 15.3 Å². The first-order valence-corrected chi connectivity index (χ1v) is 5.66. The number of nitrogens with one attached hydrogen (secondary N) is 2. The summed E-state index contributed by atoms with van der Waals surface area (Å²) in [6, 6.07) is 9.66. The molecule has 0 radical (unpaired) electrons. The smallest absolute Gasteiger partial charge is 0.295 e. The molecule has 18 heavy (non-hydrogen) atoms. The van der Waals surface area contributed by atoms with Crippen LogP contribution in [0.3, 0.4) is 0 Å². The van der Waals surface area contributed by atoms with Gasteiger partial charge in [0.2, 0.25) is 5.75 Å². The summed E-state index contributed by atoms with van der Waals surface area (Å²) in [6.07, 6.45) is 0. The van der Waals surface area contributed by atoms with Gasteiger partial charge in [0.1, 0.15) is 12.4 Å². The van der Waals surface area contributed by atoms with Crippen molar-refractivity contribution in [2.75, 3.05) is 12.4 Å². The van der Waals surface area contributed by atoms with Gasteiger partial charge in [-0.15, -0.1) is 0 Å². The highest BCUT2D eigenvalue weighted by Gasteiger charge is 2.10. The van der Waals surface area contributed by atoms with E-state index < -0.39 is 0 Å². The van der Waals surface area contributed by atoms with Crippen LogP contribution in [0.25, 0.3) is 0 Å². The van der Waals surface area contributed by atoms with Crippen molar-refractivity contribution in [3.63, 3.8) is 0 Å². The van der Waals surface area contributed by atoms with E-state index in [-0.39, 0.29) is 11.3 Å². The number of hydrogen-bond donors (Lipinski definition) is 2. The molecule has 0 aliphatic rings. The number of aromatic nitrogens is 2. The van der Waals surface area contributed by atoms with E-state index in [1.54, 1.807) is 14.0 Å². The van der Waals surface area contributed by atoms with Crippen LogP contribution in [-0.2, 0) is 6.61 Å². The highest BCUT2D eigenvalue weighted by Crippen LogP contribution is 2.16. The Morgan fingerprint density at radius 3 is 2.72 bits per heavy atom. The Morgan fingerprint density at radius 1 is 1.33 bits per heavy atom. The zero-order valence-electron chi connectivity index (χ0n) is 10.4. The summed E-state index contributed by atoms with van der Waals surface area (Å²) < 4.78 is 5.53. The molecule has 0 amide bonds. The number of benzene rings is 1. The maximum Gasteiger partial charge on any atom is 0.295 e. The summed E-state index contributed by atoms with van der Waals surface area (Å²) in [6.45, 7) is 2.06. The van der Waals surface area contributed by atoms with Gasteiger partial charge >= 0.3 is 0 Å². The SMILES string of the molecule is CNc1nc(C)[nH]c(=O)c1OCc1ccccc1. The zero-order chi connectivity index (χ0) is 13.0. The molecular weight excluding hydrogens is 230 g/mol. The second-order valence-electron chi connectivity index (χ2n) is 3.85. The van der Waals surface area contributed by atoms with Gasteiger partial charge < -0.3 is 15.0 Å². The van der Waals surface area contributed by atoms with E-state index in [0.29, 0.717) is 18.2 Å². The first-order valence-electron chi connectivity index (χ1n) is 5.66. The number of aryl methyl sites for hydroxylation is 1. The fourth-order valence-corrected chi connectivity index (χ4v) is 1.61. The molecule has 0 spiro atoms. The number of aromatic amines is 1. The molecule has 5 nitrogen and oxygen atoms in total. The maximum absolute atomic E-state index is 11.8. The number of rotatable bonds is 4. The van der Waals surface area contributed by atoms with Crippen LogP contribution in [0.15, 0.2) is 35.1 Å². The van der Waals surface area contributed by atoms with Gasteiger partial charge in [0.15, 0.2) is 5.82 Å². The molecule has 0 unspecified atom stereocenters. The van der Waals surface area contributed by atoms with Crippen molar-refractivity contribution in [3.05, 3.63) is 52.1 Å². The van der Waals surface area contributed by atoms with Crippen LogP contribution in [0.2, 0.25) is 0 Å². The molecule has 94 valence electrons. The molecule has 1 aromatic heterocycles. The van der Waals surface area contributed by atoms with E-state index in [0.717, 1.165) is 5.56 Å². The Kier molecular flexibility index (Phi) is 3.62. The van der Waals surface area contributed by atoms with Gasteiger partial charge in [0.05, 0.1) is 0 Å². The van der Waals surface area contributed by atoms with Crippen molar-refractivity contribution in [2.45, 2.75) is 13.5 Å². The van der Waals surface area contributed by atoms with E-state index in [4.69, 9.17) is 4.74 Å². The summed E-state index contributed by atoms with van der Waals surface area (Å²) in [5.74, 6) is 1.22. The first kappa shape index (κ1) is 12.2. The highest BCUT2D eigenvalue weighted by atomic mass is 16.5. The standard InChI is InChI=1S/C13H15N3O2/c1-9-15-12(14-2)11(13(17)16-9)18-8-10-6-4-3-5-7-10/h3-7H,8H2,1-2H3,(H2,14,15,16,17). The van der Waals surface area contributed by atoms with Crippen molar-refractivity contribution >= 4 is 5.82 Å². The van der Waals surface area contributed by atoms with Gasteiger partial charge in [-0.25, -0.2) is 4.98 Å². The monoisotopic (exact) mass is 245 g/mol. The number of ether oxygens (including phenoxy) is 1. The van der Waals surface area contributed by atoms with Gasteiger partial charge in [-0.3, -0.25) is 4.79 Å². The Balaban J connectivity index is 2.22. The molecule has 2 N–H and O–H groups in total. The lowest BCUT2D eigenvalue weighted by Gasteiger charge is -2.09. The first-order chi connectivity index (χ1) is 8.70. The van der Waals surface area contributed by atoms with Crippen LogP contribution in [0.1, 0.15) is 11.4 Å². The van der Waals surface area contributed by atoms with Crippen LogP contribution in [0.5, 0.6) is 5.75 Å². The van der Waals surface area contributed by atoms with Crippen molar-refractivity contribution in [2.24, 2.45) is 0 Å². The van der Waals surface area contributed by atoms with E-state index in [9.17, 15) is 4.79 Å². The van der Waals surface area contributed by atoms with Crippen molar-refractivity contribution in [1.29, 1.82) is 0 Å². The molecule has 2 aromatic rings. The van der Waals surface area contributed by atoms with Gasteiger partial charge in [0.25, 0.3) is 5.56 Å². The summed E-state index contributed by atoms with van der Waals surface area (Å²) >= 11 is 0. The average molecular weight is 245 g/mol. The third-order valence-corrected chi connectivity index (χ3v) is 2.46. The fourth-order valence-electron chi connectivity index (χ4n) is 1.61. The van der Waals surface area contributed by atoms with Crippen molar-refractivity contribution < 1.29 is 4.74 Å². The van der Waals surface area contributed by atoms with Gasteiger partial charge in [-0.1, -0.05) is 30.3 Å². The van der Waals surface area contributed by atoms with Crippen LogP contribution in [0.4, 0.5) is 5.82 Å². The predicted octanol–water partition coefficient (Wildman–Crippen LogP) is 1.70. The van der Waals surface area contributed by atoms with E-state index in [1.165, 1.54) is 0 Å². The summed E-state index contributed by atoms with van der Waals surface area (Å²) in [7, 11) is 1.70. The molecule has 2 rings (SSSR count). The van der Waals surface area contributed by atoms with Crippen molar-refractivity contribution in [1.82, 2.24) is 9.97 Å². The van der Waals surface area contributed by atoms with Gasteiger partial charge in [-0.2, -0.15) is 0 Å². The molecule has 0 aliphatic carbocycles. The maximum atomic E-state index is 11.8. The molecule has 0 aliphatic heterocycles. The lowest BCUT2D eigenvalue weighted by atomic mass is 10.2. The minimum atomic E-state index is -0.275. The third-order valence-electron chi connectivity index (χ3n) is 2.46. The lowest BCUT2D eigenvalue weighted by molar-refractivity contribution is 0.302. The third kappa shape index (κ3) is 2.68. The predicted molar refractivity (Wildman–Crippen MR) is 69.9 cm³/mol. The van der Waals surface area contributed by atoms with Crippen LogP contribution in [0, 0.1) is 6.92 Å².